The van der Waals surface area contributed by atoms with Crippen LogP contribution in [0.25, 0.3) is 0 Å². The van der Waals surface area contributed by atoms with E-state index in [4.69, 9.17) is 4.74 Å². The van der Waals surface area contributed by atoms with Gasteiger partial charge < -0.3 is 15.2 Å². The maximum Gasteiger partial charge on any atom is 0.407 e. The summed E-state index contributed by atoms with van der Waals surface area (Å²) in [6, 6.07) is 5.58. The first-order chi connectivity index (χ1) is 9.30. The number of alkyl carbamates (subject to hydrolysis) is 1. The average molecular weight is 280 g/mol. The number of ether oxygens (including phenoxy) is 1. The zero-order valence-electron chi connectivity index (χ0n) is 12.6. The van der Waals surface area contributed by atoms with E-state index in [9.17, 15) is 9.90 Å². The van der Waals surface area contributed by atoms with Gasteiger partial charge in [0.1, 0.15) is 5.60 Å². The van der Waals surface area contributed by atoms with Crippen molar-refractivity contribution in [3.8, 4) is 0 Å². The van der Waals surface area contributed by atoms with Gasteiger partial charge >= 0.3 is 6.09 Å². The van der Waals surface area contributed by atoms with Crippen molar-refractivity contribution >= 4 is 6.09 Å². The predicted octanol–water partition coefficient (Wildman–Crippen LogP) is 2.42. The molecular weight excluding hydrogens is 256 g/mol. The first-order valence-electron chi connectivity index (χ1n) is 6.90. The lowest BCUT2D eigenvalue weighted by Crippen LogP contribution is -2.32. The molecule has 1 atom stereocenters. The number of carbonyl (C=O) groups excluding carboxylic acids is 1. The molecule has 5 nitrogen and oxygen atoms in total. The van der Waals surface area contributed by atoms with Crippen molar-refractivity contribution in [1.82, 2.24) is 10.3 Å². The van der Waals surface area contributed by atoms with Crippen LogP contribution in [-0.2, 0) is 17.7 Å². The quantitative estimate of drug-likeness (QED) is 0.869. The minimum Gasteiger partial charge on any atom is -0.444 e. The summed E-state index contributed by atoms with van der Waals surface area (Å²) in [7, 11) is 0. The fourth-order valence-corrected chi connectivity index (χ4v) is 1.60. The fourth-order valence-electron chi connectivity index (χ4n) is 1.60. The Morgan fingerprint density at radius 3 is 2.65 bits per heavy atom. The molecule has 0 saturated heterocycles. The minimum absolute atomic E-state index is 0.310. The van der Waals surface area contributed by atoms with Crippen LogP contribution in [0.3, 0.4) is 0 Å². The summed E-state index contributed by atoms with van der Waals surface area (Å²) in [5.74, 6) is 0. The Morgan fingerprint density at radius 1 is 1.40 bits per heavy atom. The van der Waals surface area contributed by atoms with Crippen LogP contribution in [0.15, 0.2) is 18.2 Å². The molecule has 0 saturated carbocycles. The van der Waals surface area contributed by atoms with Crippen molar-refractivity contribution in [3.05, 3.63) is 29.6 Å². The maximum atomic E-state index is 11.5. The zero-order chi connectivity index (χ0) is 15.2. The largest absolute Gasteiger partial charge is 0.444 e. The number of amides is 1. The number of hydrogen-bond donors (Lipinski definition) is 2. The number of carbonyl (C=O) groups is 1. The molecule has 1 aromatic rings. The number of aliphatic hydroxyl groups is 1. The Bertz CT molecular complexity index is 441. The van der Waals surface area contributed by atoms with Gasteiger partial charge in [-0.15, -0.1) is 0 Å². The molecule has 1 amide bonds. The lowest BCUT2D eigenvalue weighted by molar-refractivity contribution is 0.0522. The number of rotatable bonds is 5. The van der Waals surface area contributed by atoms with Crippen LogP contribution in [0.5, 0.6) is 0 Å². The molecule has 0 aromatic carbocycles. The van der Waals surface area contributed by atoms with Crippen molar-refractivity contribution in [2.45, 2.75) is 58.8 Å². The molecular formula is C15H24N2O3. The summed E-state index contributed by atoms with van der Waals surface area (Å²) in [4.78, 5) is 15.9. The normalized spacial score (nSPS) is 12.8. The van der Waals surface area contributed by atoms with Gasteiger partial charge in [-0.2, -0.15) is 0 Å². The van der Waals surface area contributed by atoms with Crippen LogP contribution in [0.1, 0.15) is 45.5 Å². The van der Waals surface area contributed by atoms with Crippen molar-refractivity contribution in [1.29, 1.82) is 0 Å². The molecule has 0 bridgehead atoms. The van der Waals surface area contributed by atoms with Crippen molar-refractivity contribution in [2.75, 3.05) is 0 Å². The van der Waals surface area contributed by atoms with Crippen molar-refractivity contribution < 1.29 is 14.6 Å². The maximum absolute atomic E-state index is 11.5. The molecule has 0 spiro atoms. The van der Waals surface area contributed by atoms with Crippen LogP contribution in [0.2, 0.25) is 0 Å². The zero-order valence-corrected chi connectivity index (χ0v) is 12.6. The second kappa shape index (κ2) is 7.24. The first kappa shape index (κ1) is 16.4. The van der Waals surface area contributed by atoms with Crippen LogP contribution in [-0.4, -0.2) is 27.9 Å². The number of pyridine rings is 1. The molecule has 0 fully saturated rings. The highest BCUT2D eigenvalue weighted by molar-refractivity contribution is 5.67. The molecule has 1 aromatic heterocycles. The summed E-state index contributed by atoms with van der Waals surface area (Å²) < 4.78 is 5.15. The number of nitrogens with zero attached hydrogens (tertiary/aromatic N) is 1. The van der Waals surface area contributed by atoms with Gasteiger partial charge in [0, 0.05) is 12.1 Å². The highest BCUT2D eigenvalue weighted by atomic mass is 16.6. The van der Waals surface area contributed by atoms with E-state index in [1.165, 1.54) is 0 Å². The number of nitrogens with one attached hydrogen (secondary N) is 1. The van der Waals surface area contributed by atoms with Gasteiger partial charge in [-0.05, 0) is 39.3 Å². The molecule has 1 unspecified atom stereocenters. The molecule has 1 rings (SSSR count). The Balaban J connectivity index is 2.52. The summed E-state index contributed by atoms with van der Waals surface area (Å²) in [5.41, 5.74) is 1.06. The van der Waals surface area contributed by atoms with E-state index in [0.29, 0.717) is 19.4 Å². The molecule has 5 heteroatoms. The lowest BCUT2D eigenvalue weighted by atomic mass is 10.1. The fraction of sp³-hybridized carbons (Fsp3) is 0.600. The van der Waals surface area contributed by atoms with Crippen LogP contribution in [0, 0.1) is 0 Å². The van der Waals surface area contributed by atoms with Crippen molar-refractivity contribution in [3.63, 3.8) is 0 Å². The van der Waals surface area contributed by atoms with Gasteiger partial charge in [-0.3, -0.25) is 4.98 Å². The SMILES string of the molecule is CCC(O)Cc1cccc(CNC(=O)OC(C)(C)C)n1. The molecule has 0 aliphatic heterocycles. The highest BCUT2D eigenvalue weighted by Crippen LogP contribution is 2.08. The number of hydrogen-bond acceptors (Lipinski definition) is 4. The van der Waals surface area contributed by atoms with E-state index in [2.05, 4.69) is 10.3 Å². The average Bonchev–Trinajstić information content (AvgIpc) is 2.34. The monoisotopic (exact) mass is 280 g/mol. The van der Waals surface area contributed by atoms with Crippen LogP contribution in [0.4, 0.5) is 4.79 Å². The topological polar surface area (TPSA) is 71.5 Å². The molecule has 0 aliphatic carbocycles. The smallest absolute Gasteiger partial charge is 0.407 e. The second-order valence-electron chi connectivity index (χ2n) is 5.74. The van der Waals surface area contributed by atoms with E-state index < -0.39 is 11.7 Å². The van der Waals surface area contributed by atoms with Crippen LogP contribution >= 0.6 is 0 Å². The van der Waals surface area contributed by atoms with E-state index in [1.807, 2.05) is 45.9 Å². The third-order valence-corrected chi connectivity index (χ3v) is 2.59. The molecule has 1 heterocycles. The summed E-state index contributed by atoms with van der Waals surface area (Å²) >= 11 is 0. The Morgan fingerprint density at radius 2 is 2.05 bits per heavy atom. The summed E-state index contributed by atoms with van der Waals surface area (Å²) in [5, 5.41) is 12.3. The number of aromatic nitrogens is 1. The van der Waals surface area contributed by atoms with E-state index in [0.717, 1.165) is 11.4 Å². The standard InChI is InChI=1S/C15H24N2O3/c1-5-13(18)9-11-7-6-8-12(17-11)10-16-14(19)20-15(2,3)4/h6-8,13,18H,5,9-10H2,1-4H3,(H,16,19). The summed E-state index contributed by atoms with van der Waals surface area (Å²) in [6.07, 6.45) is 0.383. The summed E-state index contributed by atoms with van der Waals surface area (Å²) in [6.45, 7) is 7.69. The minimum atomic E-state index is -0.509. The Labute approximate surface area is 120 Å². The van der Waals surface area contributed by atoms with Gasteiger partial charge in [0.2, 0.25) is 0 Å². The van der Waals surface area contributed by atoms with E-state index >= 15 is 0 Å². The highest BCUT2D eigenvalue weighted by Gasteiger charge is 2.15. The van der Waals surface area contributed by atoms with E-state index in [-0.39, 0.29) is 6.10 Å². The van der Waals surface area contributed by atoms with Gasteiger partial charge in [0.05, 0.1) is 18.3 Å². The van der Waals surface area contributed by atoms with Gasteiger partial charge in [0.25, 0.3) is 0 Å². The molecule has 2 N–H and O–H groups in total. The van der Waals surface area contributed by atoms with Gasteiger partial charge in [0.15, 0.2) is 0 Å². The van der Waals surface area contributed by atoms with Crippen molar-refractivity contribution in [2.24, 2.45) is 0 Å². The third kappa shape index (κ3) is 6.52. The second-order valence-corrected chi connectivity index (χ2v) is 5.74. The lowest BCUT2D eigenvalue weighted by Gasteiger charge is -2.19. The predicted molar refractivity (Wildman–Crippen MR) is 77.3 cm³/mol. The molecule has 20 heavy (non-hydrogen) atoms. The number of aliphatic hydroxyl groups excluding tert-OH is 1. The first-order valence-corrected chi connectivity index (χ1v) is 6.90. The van der Waals surface area contributed by atoms with Crippen LogP contribution < -0.4 is 5.32 Å². The van der Waals surface area contributed by atoms with Gasteiger partial charge in [-0.1, -0.05) is 13.0 Å². The molecule has 0 aliphatic rings. The third-order valence-electron chi connectivity index (χ3n) is 2.59. The Kier molecular flexibility index (Phi) is 5.95. The van der Waals surface area contributed by atoms with Gasteiger partial charge in [-0.25, -0.2) is 4.79 Å². The Hall–Kier alpha value is -1.62. The van der Waals surface area contributed by atoms with E-state index in [1.54, 1.807) is 0 Å². The molecule has 0 radical (unpaired) electrons. The molecule has 112 valence electrons.